The van der Waals surface area contributed by atoms with Crippen LogP contribution in [0.15, 0.2) is 41.3 Å². The second kappa shape index (κ2) is 9.46. The summed E-state index contributed by atoms with van der Waals surface area (Å²) in [5.41, 5.74) is 3.70. The first-order valence-electron chi connectivity index (χ1n) is 10.3. The summed E-state index contributed by atoms with van der Waals surface area (Å²) in [5.74, 6) is -0.145. The summed E-state index contributed by atoms with van der Waals surface area (Å²) in [6.45, 7) is 7.11. The average molecular weight is 460 g/mol. The van der Waals surface area contributed by atoms with Crippen molar-refractivity contribution in [2.45, 2.75) is 32.1 Å². The highest BCUT2D eigenvalue weighted by atomic mass is 32.2. The van der Waals surface area contributed by atoms with Crippen molar-refractivity contribution in [3.05, 3.63) is 53.1 Å². The van der Waals surface area contributed by atoms with Crippen LogP contribution < -0.4 is 4.90 Å². The molecule has 1 aromatic heterocycles. The Morgan fingerprint density at radius 2 is 1.68 bits per heavy atom. The van der Waals surface area contributed by atoms with E-state index in [1.807, 2.05) is 14.1 Å². The molecular formula is C23H29N3O3S2. The number of sulfone groups is 1. The molecule has 8 heteroatoms. The van der Waals surface area contributed by atoms with Crippen molar-refractivity contribution in [1.82, 2.24) is 9.88 Å². The van der Waals surface area contributed by atoms with E-state index in [9.17, 15) is 13.2 Å². The molecule has 0 unspecified atom stereocenters. The number of carbonyl (C=O) groups is 1. The minimum absolute atomic E-state index is 0.0293. The Kier molecular flexibility index (Phi) is 7.13. The number of hydrogen-bond acceptors (Lipinski definition) is 6. The first-order chi connectivity index (χ1) is 14.6. The van der Waals surface area contributed by atoms with E-state index >= 15 is 0 Å². The van der Waals surface area contributed by atoms with E-state index in [-0.39, 0.29) is 16.6 Å². The van der Waals surface area contributed by atoms with Crippen LogP contribution in [-0.4, -0.2) is 57.1 Å². The molecule has 0 bridgehead atoms. The van der Waals surface area contributed by atoms with E-state index < -0.39 is 9.84 Å². The van der Waals surface area contributed by atoms with Crippen LogP contribution in [0.5, 0.6) is 0 Å². The van der Waals surface area contributed by atoms with Crippen LogP contribution in [-0.2, 0) is 9.84 Å². The highest BCUT2D eigenvalue weighted by Gasteiger charge is 2.22. The normalized spacial score (nSPS) is 11.9. The van der Waals surface area contributed by atoms with Crippen LogP contribution in [0.1, 0.15) is 34.8 Å². The van der Waals surface area contributed by atoms with E-state index in [0.29, 0.717) is 17.2 Å². The standard InChI is InChI=1S/C23H29N3O3S2/c1-6-31(28,29)19-10-8-18(9-11-19)22(27)26(13-7-12-25(4)5)23-24-20-14-16(2)17(3)15-21(20)30-23/h8-11,14-15H,6-7,12-13H2,1-5H3. The van der Waals surface area contributed by atoms with Gasteiger partial charge in [-0.1, -0.05) is 18.3 Å². The van der Waals surface area contributed by atoms with Crippen molar-refractivity contribution in [2.75, 3.05) is 37.8 Å². The molecule has 166 valence electrons. The fourth-order valence-corrected chi connectivity index (χ4v) is 5.19. The number of aromatic nitrogens is 1. The summed E-state index contributed by atoms with van der Waals surface area (Å²) < 4.78 is 25.2. The number of nitrogens with zero attached hydrogens (tertiary/aromatic N) is 3. The van der Waals surface area contributed by atoms with E-state index in [4.69, 9.17) is 4.98 Å². The Hall–Kier alpha value is -2.29. The maximum absolute atomic E-state index is 13.4. The minimum atomic E-state index is -3.30. The van der Waals surface area contributed by atoms with Crippen LogP contribution in [0, 0.1) is 13.8 Å². The van der Waals surface area contributed by atoms with Crippen molar-refractivity contribution < 1.29 is 13.2 Å². The fourth-order valence-electron chi connectivity index (χ4n) is 3.24. The molecule has 3 aromatic rings. The molecule has 6 nitrogen and oxygen atoms in total. The first-order valence-corrected chi connectivity index (χ1v) is 12.8. The Morgan fingerprint density at radius 1 is 1.03 bits per heavy atom. The number of amides is 1. The van der Waals surface area contributed by atoms with E-state index in [0.717, 1.165) is 23.2 Å². The van der Waals surface area contributed by atoms with Gasteiger partial charge in [-0.3, -0.25) is 9.69 Å². The Bertz CT molecular complexity index is 1140. The van der Waals surface area contributed by atoms with Gasteiger partial charge in [0.1, 0.15) is 0 Å². The zero-order valence-corrected chi connectivity index (χ0v) is 20.3. The van der Waals surface area contributed by atoms with Crippen LogP contribution in [0.3, 0.4) is 0 Å². The van der Waals surface area contributed by atoms with Crippen molar-refractivity contribution in [2.24, 2.45) is 0 Å². The predicted molar refractivity (Wildman–Crippen MR) is 128 cm³/mol. The number of anilines is 1. The average Bonchev–Trinajstić information content (AvgIpc) is 3.13. The smallest absolute Gasteiger partial charge is 0.260 e. The molecule has 0 aliphatic heterocycles. The fraction of sp³-hybridized carbons (Fsp3) is 0.391. The molecule has 3 rings (SSSR count). The van der Waals surface area contributed by atoms with Gasteiger partial charge < -0.3 is 4.90 Å². The number of carbonyl (C=O) groups excluding carboxylic acids is 1. The second-order valence-corrected chi connectivity index (χ2v) is 11.2. The van der Waals surface area contributed by atoms with Gasteiger partial charge in [0.15, 0.2) is 15.0 Å². The van der Waals surface area contributed by atoms with Gasteiger partial charge in [-0.15, -0.1) is 0 Å². The van der Waals surface area contributed by atoms with Gasteiger partial charge in [-0.25, -0.2) is 13.4 Å². The molecule has 31 heavy (non-hydrogen) atoms. The molecular weight excluding hydrogens is 430 g/mol. The van der Waals surface area contributed by atoms with E-state index in [1.165, 1.54) is 34.6 Å². The molecule has 0 spiro atoms. The molecule has 0 aliphatic carbocycles. The van der Waals surface area contributed by atoms with Gasteiger partial charge in [0.25, 0.3) is 5.91 Å². The molecule has 0 aliphatic rings. The zero-order valence-electron chi connectivity index (χ0n) is 18.7. The van der Waals surface area contributed by atoms with Crippen molar-refractivity contribution >= 4 is 42.4 Å². The molecule has 0 atom stereocenters. The SMILES string of the molecule is CCS(=O)(=O)c1ccc(C(=O)N(CCCN(C)C)c2nc3cc(C)c(C)cc3s2)cc1. The topological polar surface area (TPSA) is 70.6 Å². The van der Waals surface area contributed by atoms with Crippen LogP contribution in [0.25, 0.3) is 10.2 Å². The zero-order chi connectivity index (χ0) is 22.8. The molecule has 1 heterocycles. The summed E-state index contributed by atoms with van der Waals surface area (Å²) >= 11 is 1.51. The first kappa shape index (κ1) is 23.4. The maximum atomic E-state index is 13.4. The third-order valence-electron chi connectivity index (χ3n) is 5.30. The third kappa shape index (κ3) is 5.31. The number of rotatable bonds is 8. The lowest BCUT2D eigenvalue weighted by Gasteiger charge is -2.21. The van der Waals surface area contributed by atoms with Crippen LogP contribution in [0.4, 0.5) is 5.13 Å². The van der Waals surface area contributed by atoms with Crippen molar-refractivity contribution in [3.63, 3.8) is 0 Å². The minimum Gasteiger partial charge on any atom is -0.309 e. The Balaban J connectivity index is 1.95. The maximum Gasteiger partial charge on any atom is 0.260 e. The molecule has 0 fully saturated rings. The van der Waals surface area contributed by atoms with Gasteiger partial charge in [-0.05, 0) is 88.4 Å². The number of thiazole rings is 1. The highest BCUT2D eigenvalue weighted by Crippen LogP contribution is 2.32. The van der Waals surface area contributed by atoms with Crippen molar-refractivity contribution in [3.8, 4) is 0 Å². The van der Waals surface area contributed by atoms with E-state index in [2.05, 4.69) is 30.9 Å². The number of hydrogen-bond donors (Lipinski definition) is 0. The number of benzene rings is 2. The quantitative estimate of drug-likeness (QED) is 0.502. The second-order valence-electron chi connectivity index (χ2n) is 7.94. The van der Waals surface area contributed by atoms with Crippen LogP contribution in [0.2, 0.25) is 0 Å². The Labute approximate surface area is 188 Å². The van der Waals surface area contributed by atoms with Crippen LogP contribution >= 0.6 is 11.3 Å². The number of fused-ring (bicyclic) bond motifs is 1. The van der Waals surface area contributed by atoms with Gasteiger partial charge in [0, 0.05) is 12.1 Å². The lowest BCUT2D eigenvalue weighted by atomic mass is 10.1. The highest BCUT2D eigenvalue weighted by molar-refractivity contribution is 7.91. The van der Waals surface area contributed by atoms with Gasteiger partial charge >= 0.3 is 0 Å². The predicted octanol–water partition coefficient (Wildman–Crippen LogP) is 4.31. The molecule has 0 radical (unpaired) electrons. The molecule has 1 amide bonds. The summed E-state index contributed by atoms with van der Waals surface area (Å²) in [6.07, 6.45) is 0.801. The summed E-state index contributed by atoms with van der Waals surface area (Å²) in [6, 6.07) is 10.4. The summed E-state index contributed by atoms with van der Waals surface area (Å²) in [5, 5.41) is 0.661. The van der Waals surface area contributed by atoms with Crippen molar-refractivity contribution in [1.29, 1.82) is 0 Å². The van der Waals surface area contributed by atoms with Gasteiger partial charge in [0.2, 0.25) is 0 Å². The lowest BCUT2D eigenvalue weighted by Crippen LogP contribution is -2.33. The number of aryl methyl sites for hydroxylation is 2. The van der Waals surface area contributed by atoms with Gasteiger partial charge in [-0.2, -0.15) is 0 Å². The Morgan fingerprint density at radius 3 is 2.29 bits per heavy atom. The van der Waals surface area contributed by atoms with Gasteiger partial charge in [0.05, 0.1) is 20.9 Å². The largest absolute Gasteiger partial charge is 0.309 e. The monoisotopic (exact) mass is 459 g/mol. The lowest BCUT2D eigenvalue weighted by molar-refractivity contribution is 0.0986. The molecule has 0 N–H and O–H groups in total. The van der Waals surface area contributed by atoms with E-state index in [1.54, 1.807) is 24.0 Å². The summed E-state index contributed by atoms with van der Waals surface area (Å²) in [4.78, 5) is 22.2. The third-order valence-corrected chi connectivity index (χ3v) is 8.09. The summed E-state index contributed by atoms with van der Waals surface area (Å²) in [7, 11) is 0.702. The molecule has 2 aromatic carbocycles. The molecule has 0 saturated heterocycles. The molecule has 0 saturated carbocycles.